The SMILES string of the molecule is Nc1cnc(N(Cc2ccco2)C2CC2)c(Cl)c1. The van der Waals surface area contributed by atoms with Crippen molar-refractivity contribution in [3.63, 3.8) is 0 Å². The van der Waals surface area contributed by atoms with Crippen molar-refractivity contribution in [2.24, 2.45) is 0 Å². The average molecular weight is 264 g/mol. The van der Waals surface area contributed by atoms with E-state index in [9.17, 15) is 0 Å². The molecule has 0 unspecified atom stereocenters. The highest BCUT2D eigenvalue weighted by Gasteiger charge is 2.31. The van der Waals surface area contributed by atoms with Gasteiger partial charge in [0.1, 0.15) is 11.6 Å². The predicted molar refractivity (Wildman–Crippen MR) is 71.6 cm³/mol. The van der Waals surface area contributed by atoms with Gasteiger partial charge in [0.15, 0.2) is 0 Å². The van der Waals surface area contributed by atoms with Crippen molar-refractivity contribution >= 4 is 23.1 Å². The fraction of sp³-hybridized carbons (Fsp3) is 0.308. The molecule has 2 heterocycles. The summed E-state index contributed by atoms with van der Waals surface area (Å²) in [4.78, 5) is 6.53. The number of furan rings is 1. The summed E-state index contributed by atoms with van der Waals surface area (Å²) in [6.45, 7) is 0.689. The topological polar surface area (TPSA) is 55.3 Å². The fourth-order valence-electron chi connectivity index (χ4n) is 1.99. The number of hydrogen-bond acceptors (Lipinski definition) is 4. The third kappa shape index (κ3) is 2.29. The zero-order chi connectivity index (χ0) is 12.5. The maximum Gasteiger partial charge on any atom is 0.148 e. The molecule has 2 aromatic rings. The van der Waals surface area contributed by atoms with Crippen molar-refractivity contribution in [3.8, 4) is 0 Å². The number of anilines is 2. The van der Waals surface area contributed by atoms with Crippen molar-refractivity contribution in [3.05, 3.63) is 41.4 Å². The summed E-state index contributed by atoms with van der Waals surface area (Å²) >= 11 is 6.22. The summed E-state index contributed by atoms with van der Waals surface area (Å²) in [7, 11) is 0. The second-order valence-corrected chi connectivity index (χ2v) is 4.92. The number of pyridine rings is 1. The van der Waals surface area contributed by atoms with Gasteiger partial charge in [-0.3, -0.25) is 0 Å². The van der Waals surface area contributed by atoms with Crippen molar-refractivity contribution in [2.45, 2.75) is 25.4 Å². The van der Waals surface area contributed by atoms with Crippen LogP contribution in [-0.4, -0.2) is 11.0 Å². The van der Waals surface area contributed by atoms with Gasteiger partial charge in [0.25, 0.3) is 0 Å². The van der Waals surface area contributed by atoms with Gasteiger partial charge < -0.3 is 15.1 Å². The van der Waals surface area contributed by atoms with Crippen LogP contribution in [0.5, 0.6) is 0 Å². The summed E-state index contributed by atoms with van der Waals surface area (Å²) in [5.41, 5.74) is 6.25. The minimum atomic E-state index is 0.503. The van der Waals surface area contributed by atoms with E-state index in [2.05, 4.69) is 9.88 Å². The van der Waals surface area contributed by atoms with E-state index in [1.165, 1.54) is 12.8 Å². The molecule has 2 N–H and O–H groups in total. The average Bonchev–Trinajstić information content (AvgIpc) is 3.05. The molecule has 3 rings (SSSR count). The molecule has 1 fully saturated rings. The van der Waals surface area contributed by atoms with E-state index in [-0.39, 0.29) is 0 Å². The lowest BCUT2D eigenvalue weighted by molar-refractivity contribution is 0.500. The Labute approximate surface area is 110 Å². The zero-order valence-corrected chi connectivity index (χ0v) is 10.6. The first kappa shape index (κ1) is 11.4. The Morgan fingerprint density at radius 2 is 2.33 bits per heavy atom. The molecular formula is C13H14ClN3O. The zero-order valence-electron chi connectivity index (χ0n) is 9.84. The van der Waals surface area contributed by atoms with Crippen LogP contribution in [0.3, 0.4) is 0 Å². The first-order valence-corrected chi connectivity index (χ1v) is 6.32. The third-order valence-corrected chi connectivity index (χ3v) is 3.29. The molecule has 5 heteroatoms. The quantitative estimate of drug-likeness (QED) is 0.921. The molecule has 0 saturated heterocycles. The minimum absolute atomic E-state index is 0.503. The Morgan fingerprint density at radius 3 is 2.94 bits per heavy atom. The van der Waals surface area contributed by atoms with E-state index >= 15 is 0 Å². The first-order valence-electron chi connectivity index (χ1n) is 5.94. The molecule has 94 valence electrons. The molecule has 4 nitrogen and oxygen atoms in total. The number of rotatable bonds is 4. The van der Waals surface area contributed by atoms with E-state index in [0.717, 1.165) is 11.6 Å². The molecule has 0 aromatic carbocycles. The lowest BCUT2D eigenvalue weighted by Crippen LogP contribution is -2.26. The molecule has 0 radical (unpaired) electrons. The van der Waals surface area contributed by atoms with Gasteiger partial charge in [0.05, 0.1) is 29.7 Å². The van der Waals surface area contributed by atoms with E-state index in [0.29, 0.717) is 23.3 Å². The van der Waals surface area contributed by atoms with Gasteiger partial charge in [0.2, 0.25) is 0 Å². The minimum Gasteiger partial charge on any atom is -0.467 e. The molecule has 0 atom stereocenters. The predicted octanol–water partition coefficient (Wildman–Crippen LogP) is 3.08. The van der Waals surface area contributed by atoms with E-state index in [1.807, 2.05) is 12.1 Å². The monoisotopic (exact) mass is 263 g/mol. The summed E-state index contributed by atoms with van der Waals surface area (Å²) in [6.07, 6.45) is 5.66. The van der Waals surface area contributed by atoms with Crippen LogP contribution in [0.25, 0.3) is 0 Å². The highest BCUT2D eigenvalue weighted by Crippen LogP contribution is 2.36. The van der Waals surface area contributed by atoms with Crippen LogP contribution < -0.4 is 10.6 Å². The standard InChI is InChI=1S/C13H14ClN3O/c14-12-6-9(15)7-16-13(12)17(10-3-4-10)8-11-2-1-5-18-11/h1-2,5-7,10H,3-4,8,15H2. The van der Waals surface area contributed by atoms with Gasteiger partial charge in [0, 0.05) is 6.04 Å². The lowest BCUT2D eigenvalue weighted by Gasteiger charge is -2.23. The van der Waals surface area contributed by atoms with Crippen molar-refractivity contribution in [1.82, 2.24) is 4.98 Å². The molecule has 1 aliphatic rings. The van der Waals surface area contributed by atoms with Gasteiger partial charge in [-0.15, -0.1) is 0 Å². The highest BCUT2D eigenvalue weighted by atomic mass is 35.5. The summed E-state index contributed by atoms with van der Waals surface area (Å²) < 4.78 is 5.39. The van der Waals surface area contributed by atoms with Crippen LogP contribution >= 0.6 is 11.6 Å². The Balaban J connectivity index is 1.89. The molecule has 0 aliphatic heterocycles. The van der Waals surface area contributed by atoms with Crippen LogP contribution in [0.1, 0.15) is 18.6 Å². The molecule has 0 bridgehead atoms. The molecule has 18 heavy (non-hydrogen) atoms. The summed E-state index contributed by atoms with van der Waals surface area (Å²) in [5.74, 6) is 1.70. The molecule has 0 amide bonds. The van der Waals surface area contributed by atoms with Crippen LogP contribution in [0.4, 0.5) is 11.5 Å². The van der Waals surface area contributed by atoms with Crippen LogP contribution in [0.15, 0.2) is 35.1 Å². The maximum absolute atomic E-state index is 6.22. The van der Waals surface area contributed by atoms with Crippen LogP contribution in [0, 0.1) is 0 Å². The normalized spacial score (nSPS) is 14.7. The summed E-state index contributed by atoms with van der Waals surface area (Å²) in [5, 5.41) is 0.591. The molecule has 1 saturated carbocycles. The Morgan fingerprint density at radius 1 is 1.50 bits per heavy atom. The van der Waals surface area contributed by atoms with E-state index in [1.54, 1.807) is 18.5 Å². The highest BCUT2D eigenvalue weighted by molar-refractivity contribution is 6.33. The molecule has 0 spiro atoms. The van der Waals surface area contributed by atoms with Gasteiger partial charge in [-0.2, -0.15) is 0 Å². The molecule has 1 aliphatic carbocycles. The van der Waals surface area contributed by atoms with E-state index in [4.69, 9.17) is 21.8 Å². The largest absolute Gasteiger partial charge is 0.467 e. The molecular weight excluding hydrogens is 250 g/mol. The second-order valence-electron chi connectivity index (χ2n) is 4.51. The van der Waals surface area contributed by atoms with Crippen LogP contribution in [0.2, 0.25) is 5.02 Å². The van der Waals surface area contributed by atoms with Gasteiger partial charge >= 0.3 is 0 Å². The number of nitrogens with zero attached hydrogens (tertiary/aromatic N) is 2. The lowest BCUT2D eigenvalue weighted by atomic mass is 10.3. The Hall–Kier alpha value is -1.68. The van der Waals surface area contributed by atoms with Crippen molar-refractivity contribution < 1.29 is 4.42 Å². The number of nitrogens with two attached hydrogens (primary N) is 1. The number of halogens is 1. The summed E-state index contributed by atoms with van der Waals surface area (Å²) in [6, 6.07) is 6.09. The third-order valence-electron chi connectivity index (χ3n) is 3.01. The Bertz CT molecular complexity index is 537. The van der Waals surface area contributed by atoms with Gasteiger partial charge in [-0.25, -0.2) is 4.98 Å². The van der Waals surface area contributed by atoms with Gasteiger partial charge in [-0.05, 0) is 31.0 Å². The Kier molecular flexibility index (Phi) is 2.88. The van der Waals surface area contributed by atoms with Gasteiger partial charge in [-0.1, -0.05) is 11.6 Å². The maximum atomic E-state index is 6.22. The van der Waals surface area contributed by atoms with Crippen molar-refractivity contribution in [1.29, 1.82) is 0 Å². The smallest absolute Gasteiger partial charge is 0.148 e. The van der Waals surface area contributed by atoms with E-state index < -0.39 is 0 Å². The molecule has 2 aromatic heterocycles. The number of aromatic nitrogens is 1. The number of nitrogen functional groups attached to an aromatic ring is 1. The van der Waals surface area contributed by atoms with Crippen LogP contribution in [-0.2, 0) is 6.54 Å². The first-order chi connectivity index (χ1) is 8.74. The second kappa shape index (κ2) is 4.53. The van der Waals surface area contributed by atoms with Crippen molar-refractivity contribution in [2.75, 3.05) is 10.6 Å². The number of hydrogen-bond donors (Lipinski definition) is 1. The fourth-order valence-corrected chi connectivity index (χ4v) is 2.27.